The predicted molar refractivity (Wildman–Crippen MR) is 103 cm³/mol. The third-order valence-electron chi connectivity index (χ3n) is 4.73. The number of aliphatic hydroxyl groups is 1. The van der Waals surface area contributed by atoms with E-state index in [-0.39, 0.29) is 5.69 Å². The number of benzene rings is 2. The highest BCUT2D eigenvalue weighted by atomic mass is 16.6. The van der Waals surface area contributed by atoms with E-state index in [1.807, 2.05) is 24.3 Å². The van der Waals surface area contributed by atoms with Gasteiger partial charge in [0.15, 0.2) is 0 Å². The fraction of sp³-hybridized carbons (Fsp3) is 0.333. The second kappa shape index (κ2) is 9.85. The van der Waals surface area contributed by atoms with Gasteiger partial charge in [-0.05, 0) is 30.5 Å². The number of rotatable bonds is 10. The molecular formula is C21H27N2O3+. The topological polar surface area (TPSA) is 67.8 Å². The van der Waals surface area contributed by atoms with Crippen LogP contribution in [0.15, 0.2) is 67.3 Å². The Bertz CT molecular complexity index is 718. The Balaban J connectivity index is 2.00. The molecule has 0 amide bonds. The smallest absolute Gasteiger partial charge is 0.269 e. The monoisotopic (exact) mass is 355 g/mol. The number of nitro benzene ring substituents is 1. The van der Waals surface area contributed by atoms with Crippen molar-refractivity contribution < 1.29 is 14.9 Å². The van der Waals surface area contributed by atoms with Crippen molar-refractivity contribution in [3.8, 4) is 0 Å². The van der Waals surface area contributed by atoms with E-state index in [1.54, 1.807) is 12.1 Å². The largest absolute Gasteiger partial charge is 0.382 e. The van der Waals surface area contributed by atoms with E-state index in [1.165, 1.54) is 22.6 Å². The molecule has 2 aromatic carbocycles. The van der Waals surface area contributed by atoms with Crippen LogP contribution in [0.3, 0.4) is 0 Å². The van der Waals surface area contributed by atoms with Crippen LogP contribution in [0.2, 0.25) is 0 Å². The van der Waals surface area contributed by atoms with Gasteiger partial charge < -0.3 is 10.0 Å². The average Bonchev–Trinajstić information content (AvgIpc) is 2.66. The first-order chi connectivity index (χ1) is 12.5. The van der Waals surface area contributed by atoms with Crippen molar-refractivity contribution in [1.82, 2.24) is 0 Å². The van der Waals surface area contributed by atoms with Gasteiger partial charge >= 0.3 is 0 Å². The molecule has 138 valence electrons. The van der Waals surface area contributed by atoms with Gasteiger partial charge in [0.1, 0.15) is 12.6 Å². The highest BCUT2D eigenvalue weighted by molar-refractivity contribution is 5.35. The van der Waals surface area contributed by atoms with Crippen LogP contribution in [0.5, 0.6) is 0 Å². The minimum absolute atomic E-state index is 0.00365. The van der Waals surface area contributed by atoms with E-state index >= 15 is 0 Å². The van der Waals surface area contributed by atoms with E-state index in [4.69, 9.17) is 0 Å². The fourth-order valence-electron chi connectivity index (χ4n) is 3.11. The molecule has 5 heteroatoms. The zero-order chi connectivity index (χ0) is 18.9. The Morgan fingerprint density at radius 3 is 2.62 bits per heavy atom. The lowest BCUT2D eigenvalue weighted by Gasteiger charge is -2.27. The fourth-order valence-corrected chi connectivity index (χ4v) is 3.11. The lowest BCUT2D eigenvalue weighted by Crippen LogP contribution is -3.15. The van der Waals surface area contributed by atoms with E-state index in [9.17, 15) is 15.2 Å². The van der Waals surface area contributed by atoms with Crippen LogP contribution in [-0.2, 0) is 6.42 Å². The molecule has 2 aromatic rings. The summed E-state index contributed by atoms with van der Waals surface area (Å²) in [7, 11) is 0. The number of aliphatic hydroxyl groups excluding tert-OH is 1. The number of aryl methyl sites for hydroxylation is 1. The number of non-ortho nitro benzene ring substituents is 1. The van der Waals surface area contributed by atoms with E-state index in [0.29, 0.717) is 18.2 Å². The van der Waals surface area contributed by atoms with E-state index in [2.05, 4.69) is 25.6 Å². The lowest BCUT2D eigenvalue weighted by molar-refractivity contribution is -0.921. The molecule has 3 atom stereocenters. The van der Waals surface area contributed by atoms with Crippen LogP contribution in [0, 0.1) is 10.1 Å². The molecule has 0 aliphatic heterocycles. The van der Waals surface area contributed by atoms with Gasteiger partial charge in [0, 0.05) is 18.6 Å². The summed E-state index contributed by atoms with van der Waals surface area (Å²) >= 11 is 0. The Kier molecular flexibility index (Phi) is 7.51. The first kappa shape index (κ1) is 19.8. The maximum Gasteiger partial charge on any atom is 0.269 e. The quantitative estimate of drug-likeness (QED) is 0.391. The summed E-state index contributed by atoms with van der Waals surface area (Å²) in [5.41, 5.74) is 1.89. The summed E-state index contributed by atoms with van der Waals surface area (Å²) in [4.78, 5) is 11.7. The van der Waals surface area contributed by atoms with Crippen molar-refractivity contribution in [2.45, 2.75) is 31.9 Å². The van der Waals surface area contributed by atoms with Gasteiger partial charge in [0.05, 0.1) is 17.5 Å². The Hall–Kier alpha value is -2.50. The summed E-state index contributed by atoms with van der Waals surface area (Å²) < 4.78 is 0. The van der Waals surface area contributed by atoms with Gasteiger partial charge in [-0.15, -0.1) is 0 Å². The number of nitro groups is 1. The van der Waals surface area contributed by atoms with Crippen molar-refractivity contribution in [3.05, 3.63) is 88.5 Å². The molecule has 5 nitrogen and oxygen atoms in total. The van der Waals surface area contributed by atoms with E-state index < -0.39 is 11.0 Å². The maximum absolute atomic E-state index is 10.9. The summed E-state index contributed by atoms with van der Waals surface area (Å²) in [6.07, 6.45) is 3.09. The van der Waals surface area contributed by atoms with Crippen LogP contribution in [-0.4, -0.2) is 29.2 Å². The van der Waals surface area contributed by atoms with Gasteiger partial charge in [-0.1, -0.05) is 49.0 Å². The number of nitrogens with one attached hydrogen (secondary N) is 1. The summed E-state index contributed by atoms with van der Waals surface area (Å²) in [5, 5.41) is 21.5. The summed E-state index contributed by atoms with van der Waals surface area (Å²) in [5.74, 6) is 0. The van der Waals surface area contributed by atoms with Crippen LogP contribution in [0.1, 0.15) is 30.6 Å². The van der Waals surface area contributed by atoms with Crippen molar-refractivity contribution in [2.24, 2.45) is 0 Å². The van der Waals surface area contributed by atoms with Crippen molar-refractivity contribution >= 4 is 5.69 Å². The Morgan fingerprint density at radius 1 is 1.23 bits per heavy atom. The second-order valence-electron chi connectivity index (χ2n) is 6.65. The standard InChI is InChI=1S/C21H26N2O3/c1-3-14-22(17(2)12-13-18-8-5-4-6-9-18)16-21(24)19-10-7-11-20(15-19)23(25)26/h3-11,15,17,21,24H,1,12-14,16H2,2H3/p+1. The average molecular weight is 355 g/mol. The molecule has 2 N–H and O–H groups in total. The first-order valence-corrected chi connectivity index (χ1v) is 8.93. The maximum atomic E-state index is 10.9. The molecule has 0 radical (unpaired) electrons. The first-order valence-electron chi connectivity index (χ1n) is 8.93. The third-order valence-corrected chi connectivity index (χ3v) is 4.73. The molecule has 2 rings (SSSR count). The van der Waals surface area contributed by atoms with Gasteiger partial charge in [-0.2, -0.15) is 0 Å². The third kappa shape index (κ3) is 5.79. The summed E-state index contributed by atoms with van der Waals surface area (Å²) in [6, 6.07) is 16.9. The zero-order valence-electron chi connectivity index (χ0n) is 15.2. The summed E-state index contributed by atoms with van der Waals surface area (Å²) in [6.45, 7) is 7.22. The molecule has 0 spiro atoms. The molecule has 0 saturated carbocycles. The van der Waals surface area contributed by atoms with Crippen molar-refractivity contribution in [1.29, 1.82) is 0 Å². The highest BCUT2D eigenvalue weighted by Crippen LogP contribution is 2.18. The van der Waals surface area contributed by atoms with Crippen LogP contribution in [0.4, 0.5) is 5.69 Å². The molecule has 0 aliphatic carbocycles. The second-order valence-corrected chi connectivity index (χ2v) is 6.65. The molecule has 0 aliphatic rings. The molecule has 0 heterocycles. The van der Waals surface area contributed by atoms with Crippen LogP contribution in [0.25, 0.3) is 0 Å². The number of nitrogens with zero attached hydrogens (tertiary/aromatic N) is 1. The van der Waals surface area contributed by atoms with Gasteiger partial charge in [-0.3, -0.25) is 10.1 Å². The van der Waals surface area contributed by atoms with Gasteiger partial charge in [0.25, 0.3) is 5.69 Å². The highest BCUT2D eigenvalue weighted by Gasteiger charge is 2.22. The van der Waals surface area contributed by atoms with Crippen LogP contribution < -0.4 is 4.90 Å². The minimum Gasteiger partial charge on any atom is -0.382 e. The SMILES string of the molecule is C=CC[NH+](CC(O)c1cccc([N+](=O)[O-])c1)C(C)CCc1ccccc1. The van der Waals surface area contributed by atoms with Gasteiger partial charge in [0.2, 0.25) is 0 Å². The predicted octanol–water partition coefficient (Wildman–Crippen LogP) is 2.72. The zero-order valence-corrected chi connectivity index (χ0v) is 15.2. The van der Waals surface area contributed by atoms with Crippen LogP contribution >= 0.6 is 0 Å². The molecule has 0 aromatic heterocycles. The van der Waals surface area contributed by atoms with E-state index in [0.717, 1.165) is 19.4 Å². The van der Waals surface area contributed by atoms with Crippen molar-refractivity contribution in [3.63, 3.8) is 0 Å². The molecule has 0 saturated heterocycles. The normalized spacial score (nSPS) is 14.4. The molecule has 3 unspecified atom stereocenters. The minimum atomic E-state index is -0.746. The number of quaternary nitrogens is 1. The lowest BCUT2D eigenvalue weighted by atomic mass is 10.0. The number of hydrogen-bond acceptors (Lipinski definition) is 3. The molecular weight excluding hydrogens is 328 g/mol. The molecule has 26 heavy (non-hydrogen) atoms. The molecule has 0 bridgehead atoms. The number of hydrogen-bond donors (Lipinski definition) is 2. The molecule has 0 fully saturated rings. The van der Waals surface area contributed by atoms with Crippen molar-refractivity contribution in [2.75, 3.05) is 13.1 Å². The Labute approximate surface area is 154 Å². The Morgan fingerprint density at radius 2 is 1.96 bits per heavy atom. The van der Waals surface area contributed by atoms with Gasteiger partial charge in [-0.25, -0.2) is 0 Å².